The normalized spacial score (nSPS) is 18.6. The van der Waals surface area contributed by atoms with Gasteiger partial charge in [0.05, 0.1) is 12.7 Å². The predicted octanol–water partition coefficient (Wildman–Crippen LogP) is 2.08. The van der Waals surface area contributed by atoms with E-state index in [1.807, 2.05) is 0 Å². The Morgan fingerprint density at radius 1 is 1.14 bits per heavy atom. The van der Waals surface area contributed by atoms with E-state index in [1.54, 1.807) is 11.8 Å². The SMILES string of the molecule is COc1ccc(C(=O)O[C@@H](C)C(=O)N2CCCCCC2)cc1S(=O)(=O)NC1CC1. The van der Waals surface area contributed by atoms with E-state index in [-0.39, 0.29) is 28.2 Å². The number of methoxy groups -OCH3 is 1. The van der Waals surface area contributed by atoms with Crippen LogP contribution in [0.2, 0.25) is 0 Å². The molecule has 1 aromatic carbocycles. The first-order valence-electron chi connectivity index (χ1n) is 10.0. The molecule has 1 aliphatic heterocycles. The van der Waals surface area contributed by atoms with Gasteiger partial charge in [0.1, 0.15) is 10.6 Å². The summed E-state index contributed by atoms with van der Waals surface area (Å²) in [5, 5.41) is 0. The number of benzene rings is 1. The standard InChI is InChI=1S/C20H28N2O6S/c1-14(19(23)22-11-5-3-4-6-12-22)28-20(24)15-7-10-17(27-2)18(13-15)29(25,26)21-16-8-9-16/h7,10,13-14,16,21H,3-6,8-9,11-12H2,1-2H3/t14-/m0/s1. The van der Waals surface area contributed by atoms with E-state index in [0.29, 0.717) is 13.1 Å². The molecule has 1 heterocycles. The number of nitrogens with one attached hydrogen (secondary N) is 1. The second-order valence-electron chi connectivity index (χ2n) is 7.55. The molecule has 0 radical (unpaired) electrons. The van der Waals surface area contributed by atoms with Crippen molar-refractivity contribution >= 4 is 21.9 Å². The molecule has 0 aromatic heterocycles. The quantitative estimate of drug-likeness (QED) is 0.673. The number of amides is 1. The van der Waals surface area contributed by atoms with E-state index in [1.165, 1.54) is 25.3 Å². The summed E-state index contributed by atoms with van der Waals surface area (Å²) in [5.41, 5.74) is 0.0532. The lowest BCUT2D eigenvalue weighted by atomic mass is 10.2. The molecule has 8 nitrogen and oxygen atoms in total. The summed E-state index contributed by atoms with van der Waals surface area (Å²) < 4.78 is 38.3. The average Bonchev–Trinajstić information content (AvgIpc) is 3.53. The molecule has 9 heteroatoms. The summed E-state index contributed by atoms with van der Waals surface area (Å²) in [4.78, 5) is 26.8. The number of ether oxygens (including phenoxy) is 2. The summed E-state index contributed by atoms with van der Waals surface area (Å²) in [6, 6.07) is 4.00. The molecule has 1 amide bonds. The van der Waals surface area contributed by atoms with Crippen LogP contribution in [0.15, 0.2) is 23.1 Å². The number of rotatable bonds is 7. The fourth-order valence-corrected chi connectivity index (χ4v) is 4.82. The lowest BCUT2D eigenvalue weighted by molar-refractivity contribution is -0.139. The second kappa shape index (κ2) is 9.13. The highest BCUT2D eigenvalue weighted by molar-refractivity contribution is 7.89. The van der Waals surface area contributed by atoms with Gasteiger partial charge in [-0.3, -0.25) is 4.79 Å². The van der Waals surface area contributed by atoms with Gasteiger partial charge in [-0.25, -0.2) is 17.9 Å². The number of hydrogen-bond acceptors (Lipinski definition) is 6. The van der Waals surface area contributed by atoms with Crippen LogP contribution in [-0.4, -0.2) is 57.5 Å². The molecule has 1 atom stereocenters. The number of carbonyl (C=O) groups excluding carboxylic acids is 2. The van der Waals surface area contributed by atoms with Crippen LogP contribution < -0.4 is 9.46 Å². The van der Waals surface area contributed by atoms with Gasteiger partial charge in [0, 0.05) is 19.1 Å². The number of hydrogen-bond donors (Lipinski definition) is 1. The smallest absolute Gasteiger partial charge is 0.338 e. The Hall–Kier alpha value is -2.13. The zero-order chi connectivity index (χ0) is 21.0. The molecule has 1 saturated carbocycles. The first-order valence-corrected chi connectivity index (χ1v) is 11.5. The number of nitrogens with zero attached hydrogens (tertiary/aromatic N) is 1. The summed E-state index contributed by atoms with van der Waals surface area (Å²) in [6.07, 6.45) is 4.72. The van der Waals surface area contributed by atoms with E-state index in [9.17, 15) is 18.0 Å². The van der Waals surface area contributed by atoms with E-state index >= 15 is 0 Å². The Labute approximate surface area is 171 Å². The summed E-state index contributed by atoms with van der Waals surface area (Å²) >= 11 is 0. The Bertz CT molecular complexity index is 858. The highest BCUT2D eigenvalue weighted by Gasteiger charge is 2.31. The molecule has 0 spiro atoms. The van der Waals surface area contributed by atoms with Gasteiger partial charge in [0.25, 0.3) is 5.91 Å². The van der Waals surface area contributed by atoms with E-state index < -0.39 is 22.1 Å². The van der Waals surface area contributed by atoms with Crippen LogP contribution in [0.3, 0.4) is 0 Å². The molecular weight excluding hydrogens is 396 g/mol. The lowest BCUT2D eigenvalue weighted by Crippen LogP contribution is -2.40. The molecule has 0 bridgehead atoms. The molecular formula is C20H28N2O6S. The maximum Gasteiger partial charge on any atom is 0.338 e. The van der Waals surface area contributed by atoms with E-state index in [0.717, 1.165) is 38.5 Å². The topological polar surface area (TPSA) is 102 Å². The van der Waals surface area contributed by atoms with Crippen molar-refractivity contribution in [2.24, 2.45) is 0 Å². The summed E-state index contributed by atoms with van der Waals surface area (Å²) in [5.74, 6) is -0.827. The Morgan fingerprint density at radius 2 is 1.79 bits per heavy atom. The van der Waals surface area contributed by atoms with Crippen LogP contribution in [0.5, 0.6) is 5.75 Å². The van der Waals surface area contributed by atoms with Crippen LogP contribution in [-0.2, 0) is 19.6 Å². The number of likely N-dealkylation sites (tertiary alicyclic amines) is 1. The van der Waals surface area contributed by atoms with Gasteiger partial charge in [-0.1, -0.05) is 12.8 Å². The Balaban J connectivity index is 1.73. The Morgan fingerprint density at radius 3 is 2.38 bits per heavy atom. The van der Waals surface area contributed by atoms with Crippen LogP contribution >= 0.6 is 0 Å². The first kappa shape index (κ1) is 21.6. The van der Waals surface area contributed by atoms with Gasteiger partial charge in [-0.15, -0.1) is 0 Å². The van der Waals surface area contributed by atoms with Crippen LogP contribution in [0.1, 0.15) is 55.8 Å². The minimum atomic E-state index is -3.82. The number of carbonyl (C=O) groups is 2. The monoisotopic (exact) mass is 424 g/mol. The number of sulfonamides is 1. The Kier molecular flexibility index (Phi) is 6.79. The molecule has 1 saturated heterocycles. The number of esters is 1. The van der Waals surface area contributed by atoms with Crippen LogP contribution in [0, 0.1) is 0 Å². The molecule has 2 fully saturated rings. The minimum Gasteiger partial charge on any atom is -0.495 e. The van der Waals surface area contributed by atoms with Crippen LogP contribution in [0.4, 0.5) is 0 Å². The fourth-order valence-electron chi connectivity index (χ4n) is 3.32. The third-order valence-corrected chi connectivity index (χ3v) is 6.68. The zero-order valence-electron chi connectivity index (χ0n) is 16.8. The molecule has 2 aliphatic rings. The third-order valence-electron chi connectivity index (χ3n) is 5.14. The van der Waals surface area contributed by atoms with E-state index in [4.69, 9.17) is 9.47 Å². The van der Waals surface area contributed by atoms with Gasteiger partial charge < -0.3 is 14.4 Å². The lowest BCUT2D eigenvalue weighted by Gasteiger charge is -2.24. The molecule has 1 aromatic rings. The first-order chi connectivity index (χ1) is 13.8. The van der Waals surface area contributed by atoms with Crippen molar-refractivity contribution in [1.29, 1.82) is 0 Å². The van der Waals surface area contributed by atoms with Crippen molar-refractivity contribution in [3.63, 3.8) is 0 Å². The highest BCUT2D eigenvalue weighted by atomic mass is 32.2. The zero-order valence-corrected chi connectivity index (χ0v) is 17.7. The summed E-state index contributed by atoms with van der Waals surface area (Å²) in [7, 11) is -2.45. The average molecular weight is 425 g/mol. The summed E-state index contributed by atoms with van der Waals surface area (Å²) in [6.45, 7) is 2.87. The fraction of sp³-hybridized carbons (Fsp3) is 0.600. The molecule has 1 aliphatic carbocycles. The van der Waals surface area contributed by atoms with Crippen LogP contribution in [0.25, 0.3) is 0 Å². The van der Waals surface area contributed by atoms with Crippen molar-refractivity contribution in [3.8, 4) is 5.75 Å². The largest absolute Gasteiger partial charge is 0.495 e. The maximum atomic E-state index is 12.6. The van der Waals surface area contributed by atoms with Gasteiger partial charge in [-0.2, -0.15) is 0 Å². The van der Waals surface area contributed by atoms with Crippen molar-refractivity contribution in [3.05, 3.63) is 23.8 Å². The molecule has 160 valence electrons. The van der Waals surface area contributed by atoms with Crippen molar-refractivity contribution in [2.75, 3.05) is 20.2 Å². The predicted molar refractivity (Wildman–Crippen MR) is 106 cm³/mol. The van der Waals surface area contributed by atoms with Crippen molar-refractivity contribution in [1.82, 2.24) is 9.62 Å². The highest BCUT2D eigenvalue weighted by Crippen LogP contribution is 2.28. The van der Waals surface area contributed by atoms with Crippen molar-refractivity contribution < 1.29 is 27.5 Å². The van der Waals surface area contributed by atoms with Gasteiger partial charge >= 0.3 is 5.97 Å². The molecule has 29 heavy (non-hydrogen) atoms. The van der Waals surface area contributed by atoms with E-state index in [2.05, 4.69) is 4.72 Å². The third kappa shape index (κ3) is 5.48. The minimum absolute atomic E-state index is 0.0532. The maximum absolute atomic E-state index is 12.6. The van der Waals surface area contributed by atoms with Gasteiger partial charge in [0.15, 0.2) is 6.10 Å². The molecule has 3 rings (SSSR count). The van der Waals surface area contributed by atoms with Gasteiger partial charge in [0.2, 0.25) is 10.0 Å². The second-order valence-corrected chi connectivity index (χ2v) is 9.23. The molecule has 0 unspecified atom stereocenters. The van der Waals surface area contributed by atoms with Crippen molar-refractivity contribution in [2.45, 2.75) is 62.5 Å². The molecule has 1 N–H and O–H groups in total. The van der Waals surface area contributed by atoms with Gasteiger partial charge in [-0.05, 0) is 50.8 Å².